The molecule has 1 aromatic carbocycles. The number of hydrogen-bond donors (Lipinski definition) is 1. The number of carbonyl (C=O) groups is 3. The van der Waals surface area contributed by atoms with Crippen LogP contribution < -0.4 is 5.32 Å². The van der Waals surface area contributed by atoms with Gasteiger partial charge < -0.3 is 15.0 Å². The van der Waals surface area contributed by atoms with E-state index in [1.807, 2.05) is 0 Å². The zero-order chi connectivity index (χ0) is 19.3. The third kappa shape index (κ3) is 5.04. The van der Waals surface area contributed by atoms with Crippen molar-refractivity contribution in [1.29, 1.82) is 0 Å². The molecule has 1 aliphatic rings. The molecule has 0 fully saturated rings. The fraction of sp³-hybridized carbons (Fsp3) is 0.471. The summed E-state index contributed by atoms with van der Waals surface area (Å²) in [6.45, 7) is 1.72. The summed E-state index contributed by atoms with van der Waals surface area (Å²) in [5.41, 5.74) is 1.27. The number of rotatable bonds is 8. The molecule has 0 spiro atoms. The first-order valence-corrected chi connectivity index (χ1v) is 10.3. The van der Waals surface area contributed by atoms with Crippen molar-refractivity contribution in [2.45, 2.75) is 25.9 Å². The maximum Gasteiger partial charge on any atom is 0.325 e. The van der Waals surface area contributed by atoms with Gasteiger partial charge in [0.1, 0.15) is 22.4 Å². The Balaban J connectivity index is 2.15. The van der Waals surface area contributed by atoms with E-state index in [4.69, 9.17) is 4.74 Å². The van der Waals surface area contributed by atoms with Gasteiger partial charge >= 0.3 is 5.97 Å². The Bertz CT molecular complexity index is 805. The topological polar surface area (TPSA) is 110 Å². The average Bonchev–Trinajstić information content (AvgIpc) is 2.90. The third-order valence-electron chi connectivity index (χ3n) is 4.00. The van der Waals surface area contributed by atoms with Gasteiger partial charge in [0.2, 0.25) is 5.91 Å². The number of carbonyl (C=O) groups excluding carboxylic acids is 3. The minimum Gasteiger partial charge on any atom is -0.465 e. The van der Waals surface area contributed by atoms with E-state index in [9.17, 15) is 22.8 Å². The Morgan fingerprint density at radius 2 is 2.00 bits per heavy atom. The monoisotopic (exact) mass is 382 g/mol. The van der Waals surface area contributed by atoms with Crippen molar-refractivity contribution < 1.29 is 27.5 Å². The predicted octanol–water partition coefficient (Wildman–Crippen LogP) is 0.125. The number of amides is 2. The molecule has 1 aromatic rings. The van der Waals surface area contributed by atoms with Crippen molar-refractivity contribution in [3.63, 3.8) is 0 Å². The maximum atomic E-state index is 12.6. The fourth-order valence-electron chi connectivity index (χ4n) is 2.77. The molecule has 1 atom stereocenters. The second-order valence-corrected chi connectivity index (χ2v) is 8.31. The molecule has 0 saturated carbocycles. The Morgan fingerprint density at radius 3 is 2.62 bits per heavy atom. The second kappa shape index (κ2) is 8.31. The molecule has 0 aromatic heterocycles. The van der Waals surface area contributed by atoms with Crippen LogP contribution >= 0.6 is 0 Å². The maximum absolute atomic E-state index is 12.6. The van der Waals surface area contributed by atoms with E-state index in [1.165, 1.54) is 4.90 Å². The number of nitrogens with one attached hydrogen (secondary N) is 1. The first kappa shape index (κ1) is 19.9. The lowest BCUT2D eigenvalue weighted by molar-refractivity contribution is -0.143. The number of nitrogens with zero attached hydrogens (tertiary/aromatic N) is 1. The van der Waals surface area contributed by atoms with Gasteiger partial charge in [-0.05, 0) is 25.0 Å². The zero-order valence-corrected chi connectivity index (χ0v) is 15.5. The molecule has 2 amide bonds. The highest BCUT2D eigenvalue weighted by atomic mass is 32.2. The van der Waals surface area contributed by atoms with E-state index in [0.29, 0.717) is 5.56 Å². The molecule has 1 aliphatic heterocycles. The average molecular weight is 382 g/mol. The van der Waals surface area contributed by atoms with Crippen molar-refractivity contribution >= 4 is 27.6 Å². The van der Waals surface area contributed by atoms with E-state index in [1.54, 1.807) is 31.2 Å². The van der Waals surface area contributed by atoms with E-state index < -0.39 is 27.8 Å². The van der Waals surface area contributed by atoms with E-state index in [-0.39, 0.29) is 37.8 Å². The minimum absolute atomic E-state index is 0.0484. The third-order valence-corrected chi connectivity index (χ3v) is 4.98. The first-order chi connectivity index (χ1) is 12.2. The molecule has 2 rings (SSSR count). The molecule has 0 unspecified atom stereocenters. The van der Waals surface area contributed by atoms with E-state index >= 15 is 0 Å². The van der Waals surface area contributed by atoms with Crippen molar-refractivity contribution in [3.8, 4) is 0 Å². The van der Waals surface area contributed by atoms with Gasteiger partial charge in [-0.1, -0.05) is 18.2 Å². The number of esters is 1. The van der Waals surface area contributed by atoms with Crippen LogP contribution in [0.3, 0.4) is 0 Å². The summed E-state index contributed by atoms with van der Waals surface area (Å²) in [7, 11) is -3.32. The number of sulfone groups is 1. The molecule has 9 heteroatoms. The van der Waals surface area contributed by atoms with Crippen LogP contribution in [0.4, 0.5) is 0 Å². The molecule has 1 N–H and O–H groups in total. The molecule has 8 nitrogen and oxygen atoms in total. The normalized spacial score (nSPS) is 14.7. The van der Waals surface area contributed by atoms with E-state index in [2.05, 4.69) is 5.32 Å². The zero-order valence-electron chi connectivity index (χ0n) is 14.7. The molecule has 0 bridgehead atoms. The lowest BCUT2D eigenvalue weighted by Crippen LogP contribution is -2.49. The highest BCUT2D eigenvalue weighted by molar-refractivity contribution is 7.90. The molecular weight excluding hydrogens is 360 g/mol. The predicted molar refractivity (Wildman–Crippen MR) is 94.1 cm³/mol. The molecule has 0 aliphatic carbocycles. The standard InChI is InChI=1S/C17H22N2O6S/c1-3-25-15(20)10-18-16(21)14(8-9-26(2,23)24)19-11-12-6-4-5-7-13(12)17(19)22/h4-7,14H,3,8-11H2,1-2H3,(H,18,21)/t14-/m1/s1. The van der Waals surface area contributed by atoms with Crippen molar-refractivity contribution in [1.82, 2.24) is 10.2 Å². The lowest BCUT2D eigenvalue weighted by atomic mass is 10.1. The van der Waals surface area contributed by atoms with Crippen LogP contribution in [-0.4, -0.2) is 62.3 Å². The first-order valence-electron chi connectivity index (χ1n) is 8.23. The number of ether oxygens (including phenoxy) is 1. The van der Waals surface area contributed by atoms with Gasteiger partial charge in [-0.3, -0.25) is 14.4 Å². The molecule has 142 valence electrons. The molecular formula is C17H22N2O6S. The largest absolute Gasteiger partial charge is 0.465 e. The lowest BCUT2D eigenvalue weighted by Gasteiger charge is -2.26. The van der Waals surface area contributed by atoms with Gasteiger partial charge in [-0.25, -0.2) is 8.42 Å². The Kier molecular flexibility index (Phi) is 6.36. The second-order valence-electron chi connectivity index (χ2n) is 6.05. The van der Waals surface area contributed by atoms with Crippen LogP contribution in [0.15, 0.2) is 24.3 Å². The van der Waals surface area contributed by atoms with E-state index in [0.717, 1.165) is 11.8 Å². The van der Waals surface area contributed by atoms with Gasteiger partial charge in [0.25, 0.3) is 5.91 Å². The Hall–Kier alpha value is -2.42. The summed E-state index contributed by atoms with van der Waals surface area (Å²) in [5.74, 6) is -1.75. The van der Waals surface area contributed by atoms with Gasteiger partial charge in [0.15, 0.2) is 0 Å². The van der Waals surface area contributed by atoms with Crippen LogP contribution in [0, 0.1) is 0 Å². The summed E-state index contributed by atoms with van der Waals surface area (Å²) in [4.78, 5) is 37.9. The van der Waals surface area contributed by atoms with Crippen LogP contribution in [-0.2, 0) is 30.7 Å². The highest BCUT2D eigenvalue weighted by Crippen LogP contribution is 2.25. The summed E-state index contributed by atoms with van der Waals surface area (Å²) >= 11 is 0. The molecule has 0 saturated heterocycles. The van der Waals surface area contributed by atoms with Crippen LogP contribution in [0.2, 0.25) is 0 Å². The van der Waals surface area contributed by atoms with Crippen LogP contribution in [0.5, 0.6) is 0 Å². The van der Waals surface area contributed by atoms with Gasteiger partial charge in [-0.2, -0.15) is 0 Å². The SMILES string of the molecule is CCOC(=O)CNC(=O)[C@@H](CCS(C)(=O)=O)N1Cc2ccccc2C1=O. The van der Waals surface area contributed by atoms with Gasteiger partial charge in [0.05, 0.1) is 12.4 Å². The summed E-state index contributed by atoms with van der Waals surface area (Å²) in [6.07, 6.45) is 1.02. The summed E-state index contributed by atoms with van der Waals surface area (Å²) in [5, 5.41) is 2.43. The van der Waals surface area contributed by atoms with Crippen molar-refractivity contribution in [3.05, 3.63) is 35.4 Å². The fourth-order valence-corrected chi connectivity index (χ4v) is 3.42. The van der Waals surface area contributed by atoms with Gasteiger partial charge in [-0.15, -0.1) is 0 Å². The molecule has 0 radical (unpaired) electrons. The Labute approximate surface area is 152 Å². The molecule has 26 heavy (non-hydrogen) atoms. The number of benzene rings is 1. The van der Waals surface area contributed by atoms with Crippen LogP contribution in [0.1, 0.15) is 29.3 Å². The van der Waals surface area contributed by atoms with Crippen LogP contribution in [0.25, 0.3) is 0 Å². The summed E-state index contributed by atoms with van der Waals surface area (Å²) in [6, 6.07) is 5.99. The smallest absolute Gasteiger partial charge is 0.325 e. The number of fused-ring (bicyclic) bond motifs is 1. The Morgan fingerprint density at radius 1 is 1.31 bits per heavy atom. The minimum atomic E-state index is -3.32. The quantitative estimate of drug-likeness (QED) is 0.640. The molecule has 1 heterocycles. The van der Waals surface area contributed by atoms with Gasteiger partial charge in [0, 0.05) is 18.4 Å². The summed E-state index contributed by atoms with van der Waals surface area (Å²) < 4.78 is 27.8. The van der Waals surface area contributed by atoms with Crippen molar-refractivity contribution in [2.24, 2.45) is 0 Å². The van der Waals surface area contributed by atoms with Crippen molar-refractivity contribution in [2.75, 3.05) is 25.2 Å². The number of hydrogen-bond acceptors (Lipinski definition) is 6. The highest BCUT2D eigenvalue weighted by Gasteiger charge is 2.36.